The minimum Gasteiger partial charge on any atom is -0.0625 e. The summed E-state index contributed by atoms with van der Waals surface area (Å²) >= 11 is 0. The molecule has 0 heterocycles. The summed E-state index contributed by atoms with van der Waals surface area (Å²) in [6.45, 7) is 9.10. The third kappa shape index (κ3) is 3.13. The summed E-state index contributed by atoms with van der Waals surface area (Å²) in [5.41, 5.74) is 10.1. The van der Waals surface area contributed by atoms with Crippen LogP contribution in [-0.2, 0) is 12.8 Å². The van der Waals surface area contributed by atoms with Crippen molar-refractivity contribution in [2.45, 2.75) is 47.0 Å². The van der Waals surface area contributed by atoms with E-state index >= 15 is 0 Å². The van der Waals surface area contributed by atoms with Crippen LogP contribution in [0.4, 0.5) is 0 Å². The lowest BCUT2D eigenvalue weighted by Gasteiger charge is -2.16. The van der Waals surface area contributed by atoms with Crippen LogP contribution in [0.25, 0.3) is 17.2 Å². The molecule has 2 aromatic carbocycles. The highest BCUT2D eigenvalue weighted by Crippen LogP contribution is 2.40. The first-order valence-electron chi connectivity index (χ1n) is 8.93. The number of hydrogen-bond acceptors (Lipinski definition) is 0. The zero-order chi connectivity index (χ0) is 16.4. The van der Waals surface area contributed by atoms with Crippen LogP contribution in [0.3, 0.4) is 0 Å². The molecule has 1 aliphatic rings. The van der Waals surface area contributed by atoms with E-state index in [1.165, 1.54) is 39.0 Å². The maximum Gasteiger partial charge on any atom is 0.0164 e. The monoisotopic (exact) mass is 303 g/mol. The average Bonchev–Trinajstić information content (AvgIpc) is 2.95. The van der Waals surface area contributed by atoms with E-state index in [2.05, 4.69) is 76.6 Å². The molecule has 2 aromatic rings. The summed E-state index contributed by atoms with van der Waals surface area (Å²) in [4.78, 5) is 0. The SMILES string of the molecule is CCc1ccccc1-c1c(CC)ccc2c1C=C(CC(C)C)[CH]2. The molecular formula is C23H27. The van der Waals surface area contributed by atoms with Gasteiger partial charge in [-0.3, -0.25) is 0 Å². The van der Waals surface area contributed by atoms with E-state index in [0.717, 1.165) is 19.3 Å². The molecule has 1 aliphatic carbocycles. The molecule has 23 heavy (non-hydrogen) atoms. The van der Waals surface area contributed by atoms with Gasteiger partial charge in [0.15, 0.2) is 0 Å². The summed E-state index contributed by atoms with van der Waals surface area (Å²) in [6.07, 6.45) is 8.12. The Morgan fingerprint density at radius 1 is 0.870 bits per heavy atom. The number of rotatable bonds is 5. The summed E-state index contributed by atoms with van der Waals surface area (Å²) in [5.74, 6) is 0.698. The first-order chi connectivity index (χ1) is 11.1. The maximum atomic E-state index is 2.43. The van der Waals surface area contributed by atoms with Crippen molar-refractivity contribution in [1.29, 1.82) is 0 Å². The molecule has 3 rings (SSSR count). The lowest BCUT2D eigenvalue weighted by Crippen LogP contribution is -1.96. The van der Waals surface area contributed by atoms with E-state index in [-0.39, 0.29) is 0 Å². The Labute approximate surface area is 141 Å². The molecule has 0 nitrogen and oxygen atoms in total. The van der Waals surface area contributed by atoms with Gasteiger partial charge in [-0.15, -0.1) is 0 Å². The Balaban J connectivity index is 2.17. The third-order valence-corrected chi connectivity index (χ3v) is 4.73. The van der Waals surface area contributed by atoms with Gasteiger partial charge < -0.3 is 0 Å². The third-order valence-electron chi connectivity index (χ3n) is 4.73. The van der Waals surface area contributed by atoms with Crippen LogP contribution in [0.5, 0.6) is 0 Å². The quantitative estimate of drug-likeness (QED) is 0.593. The van der Waals surface area contributed by atoms with Crippen LogP contribution in [0.1, 0.15) is 56.4 Å². The largest absolute Gasteiger partial charge is 0.0625 e. The van der Waals surface area contributed by atoms with E-state index in [1.807, 2.05) is 0 Å². The molecule has 0 spiro atoms. The van der Waals surface area contributed by atoms with Gasteiger partial charge in [-0.1, -0.05) is 75.7 Å². The molecule has 1 radical (unpaired) electrons. The van der Waals surface area contributed by atoms with Gasteiger partial charge in [-0.25, -0.2) is 0 Å². The maximum absolute atomic E-state index is 2.43. The van der Waals surface area contributed by atoms with Gasteiger partial charge in [0.05, 0.1) is 0 Å². The number of benzene rings is 2. The van der Waals surface area contributed by atoms with E-state index < -0.39 is 0 Å². The van der Waals surface area contributed by atoms with Crippen LogP contribution in [0.15, 0.2) is 42.0 Å². The van der Waals surface area contributed by atoms with Gasteiger partial charge in [0, 0.05) is 6.42 Å². The molecule has 0 fully saturated rings. The van der Waals surface area contributed by atoms with Crippen molar-refractivity contribution in [3.8, 4) is 11.1 Å². The predicted molar refractivity (Wildman–Crippen MR) is 101 cm³/mol. The summed E-state index contributed by atoms with van der Waals surface area (Å²) < 4.78 is 0. The molecule has 0 heteroatoms. The Morgan fingerprint density at radius 3 is 2.30 bits per heavy atom. The molecule has 0 unspecified atom stereocenters. The minimum atomic E-state index is 0.698. The van der Waals surface area contributed by atoms with Crippen molar-refractivity contribution in [3.05, 3.63) is 70.6 Å². The Morgan fingerprint density at radius 2 is 1.61 bits per heavy atom. The summed E-state index contributed by atoms with van der Waals surface area (Å²) in [5, 5.41) is 0. The van der Waals surface area contributed by atoms with E-state index in [4.69, 9.17) is 0 Å². The van der Waals surface area contributed by atoms with E-state index in [0.29, 0.717) is 5.92 Å². The molecule has 0 aromatic heterocycles. The Kier molecular flexibility index (Phi) is 4.71. The minimum absolute atomic E-state index is 0.698. The van der Waals surface area contributed by atoms with Crippen LogP contribution >= 0.6 is 0 Å². The van der Waals surface area contributed by atoms with Crippen molar-refractivity contribution in [2.24, 2.45) is 5.92 Å². The van der Waals surface area contributed by atoms with E-state index in [9.17, 15) is 0 Å². The summed E-state index contributed by atoms with van der Waals surface area (Å²) in [7, 11) is 0. The zero-order valence-corrected chi connectivity index (χ0v) is 14.8. The fourth-order valence-corrected chi connectivity index (χ4v) is 3.66. The zero-order valence-electron chi connectivity index (χ0n) is 14.8. The number of aryl methyl sites for hydroxylation is 2. The molecule has 0 bridgehead atoms. The highest BCUT2D eigenvalue weighted by atomic mass is 14.2. The predicted octanol–water partition coefficient (Wildman–Crippen LogP) is 6.47. The number of hydrogen-bond donors (Lipinski definition) is 0. The molecule has 0 atom stereocenters. The van der Waals surface area contributed by atoms with Crippen molar-refractivity contribution < 1.29 is 0 Å². The summed E-state index contributed by atoms with van der Waals surface area (Å²) in [6, 6.07) is 13.5. The van der Waals surface area contributed by atoms with Crippen LogP contribution in [0.2, 0.25) is 0 Å². The van der Waals surface area contributed by atoms with Gasteiger partial charge in [-0.05, 0) is 58.6 Å². The lowest BCUT2D eigenvalue weighted by molar-refractivity contribution is 0.649. The van der Waals surface area contributed by atoms with Crippen LogP contribution < -0.4 is 0 Å². The number of allylic oxidation sites excluding steroid dienone is 1. The van der Waals surface area contributed by atoms with Crippen molar-refractivity contribution in [3.63, 3.8) is 0 Å². The fourth-order valence-electron chi connectivity index (χ4n) is 3.66. The first-order valence-corrected chi connectivity index (χ1v) is 8.93. The van der Waals surface area contributed by atoms with Crippen molar-refractivity contribution >= 4 is 6.08 Å². The number of fused-ring (bicyclic) bond motifs is 1. The second-order valence-corrected chi connectivity index (χ2v) is 6.93. The smallest absolute Gasteiger partial charge is 0.0164 e. The van der Waals surface area contributed by atoms with Gasteiger partial charge >= 0.3 is 0 Å². The average molecular weight is 303 g/mol. The highest BCUT2D eigenvalue weighted by molar-refractivity contribution is 5.86. The molecule has 0 saturated heterocycles. The van der Waals surface area contributed by atoms with Crippen molar-refractivity contribution in [2.75, 3.05) is 0 Å². The molecule has 119 valence electrons. The molecule has 0 saturated carbocycles. The first kappa shape index (κ1) is 16.1. The molecular weight excluding hydrogens is 276 g/mol. The van der Waals surface area contributed by atoms with Gasteiger partial charge in [0.2, 0.25) is 0 Å². The fraction of sp³-hybridized carbons (Fsp3) is 0.348. The lowest BCUT2D eigenvalue weighted by atomic mass is 9.88. The van der Waals surface area contributed by atoms with Gasteiger partial charge in [0.25, 0.3) is 0 Å². The van der Waals surface area contributed by atoms with E-state index in [1.54, 1.807) is 0 Å². The molecule has 0 aliphatic heterocycles. The van der Waals surface area contributed by atoms with Gasteiger partial charge in [-0.2, -0.15) is 0 Å². The van der Waals surface area contributed by atoms with Crippen LogP contribution in [0, 0.1) is 12.3 Å². The normalized spacial score (nSPS) is 13.3. The second-order valence-electron chi connectivity index (χ2n) is 6.93. The topological polar surface area (TPSA) is 0 Å². The second kappa shape index (κ2) is 6.74. The molecule has 0 N–H and O–H groups in total. The van der Waals surface area contributed by atoms with Crippen LogP contribution in [-0.4, -0.2) is 0 Å². The highest BCUT2D eigenvalue weighted by Gasteiger charge is 2.20. The molecule has 0 amide bonds. The van der Waals surface area contributed by atoms with Gasteiger partial charge in [0.1, 0.15) is 0 Å². The standard InChI is InChI=1S/C23H27/c1-5-18-9-7-8-10-21(18)23-19(6-2)11-12-20-14-17(13-16(3)4)15-22(20)23/h7-12,14-16H,5-6,13H2,1-4H3. The Hall–Kier alpha value is -1.82. The Bertz CT molecular complexity index is 732. The van der Waals surface area contributed by atoms with Crippen molar-refractivity contribution in [1.82, 2.24) is 0 Å².